The van der Waals surface area contributed by atoms with Crippen molar-refractivity contribution in [3.05, 3.63) is 93.2 Å². The molecule has 1 heterocycles. The molecule has 1 aromatic heterocycles. The summed E-state index contributed by atoms with van der Waals surface area (Å²) < 4.78 is 1.13. The molecule has 4 aromatic rings. The summed E-state index contributed by atoms with van der Waals surface area (Å²) in [4.78, 5) is 24.5. The number of carbonyl (C=O) groups is 1. The number of aliphatic carboxylic acids is 1. The van der Waals surface area contributed by atoms with Crippen molar-refractivity contribution in [3.63, 3.8) is 0 Å². The van der Waals surface area contributed by atoms with Crippen molar-refractivity contribution in [2.45, 2.75) is 38.8 Å². The van der Waals surface area contributed by atoms with E-state index in [1.165, 1.54) is 5.56 Å². The standard InChI is InChI=1S/C27H26ClN3O4/c1-17-2-7-19(8-3-17)20-9-4-18(5-10-20)6-13-25(32)23(27(34)35)14-15-31-26(33)22-12-11-21(28)16-24(22)29-30-31/h2-5,7-12,16,23,25,32H,6,13-15H2,1H3,(H,34,35)/t23-,25-/m1/s1. The molecular weight excluding hydrogens is 466 g/mol. The molecule has 2 atom stereocenters. The number of aliphatic hydroxyl groups excluding tert-OH is 1. The van der Waals surface area contributed by atoms with Crippen molar-refractivity contribution in [1.82, 2.24) is 15.0 Å². The second-order valence-corrected chi connectivity index (χ2v) is 9.12. The Morgan fingerprint density at radius 3 is 2.31 bits per heavy atom. The highest BCUT2D eigenvalue weighted by molar-refractivity contribution is 6.31. The van der Waals surface area contributed by atoms with E-state index >= 15 is 0 Å². The van der Waals surface area contributed by atoms with Crippen LogP contribution in [0.3, 0.4) is 0 Å². The number of hydrogen-bond donors (Lipinski definition) is 2. The summed E-state index contributed by atoms with van der Waals surface area (Å²) in [6.45, 7) is 2.08. The Hall–Kier alpha value is -3.55. The van der Waals surface area contributed by atoms with Crippen molar-refractivity contribution in [1.29, 1.82) is 0 Å². The monoisotopic (exact) mass is 491 g/mol. The number of rotatable bonds is 9. The number of fused-ring (bicyclic) bond motifs is 1. The first-order valence-electron chi connectivity index (χ1n) is 11.4. The topological polar surface area (TPSA) is 105 Å². The van der Waals surface area contributed by atoms with Gasteiger partial charge in [0.25, 0.3) is 5.56 Å². The van der Waals surface area contributed by atoms with Crippen LogP contribution in [0.1, 0.15) is 24.0 Å². The van der Waals surface area contributed by atoms with Gasteiger partial charge in [-0.05, 0) is 61.1 Å². The average Bonchev–Trinajstić information content (AvgIpc) is 2.84. The highest BCUT2D eigenvalue weighted by atomic mass is 35.5. The molecule has 35 heavy (non-hydrogen) atoms. The molecule has 0 fully saturated rings. The molecule has 0 amide bonds. The zero-order chi connectivity index (χ0) is 24.9. The largest absolute Gasteiger partial charge is 0.481 e. The lowest BCUT2D eigenvalue weighted by atomic mass is 9.93. The molecule has 0 aliphatic carbocycles. The van der Waals surface area contributed by atoms with Gasteiger partial charge in [-0.15, -0.1) is 5.10 Å². The van der Waals surface area contributed by atoms with Gasteiger partial charge in [-0.25, -0.2) is 4.68 Å². The van der Waals surface area contributed by atoms with E-state index in [4.69, 9.17) is 11.6 Å². The minimum atomic E-state index is -1.11. The Bertz CT molecular complexity index is 1380. The number of hydrogen-bond acceptors (Lipinski definition) is 5. The molecule has 0 aliphatic rings. The third kappa shape index (κ3) is 5.93. The first-order valence-corrected chi connectivity index (χ1v) is 11.8. The van der Waals surface area contributed by atoms with E-state index < -0.39 is 18.0 Å². The number of carboxylic acid groups (broad SMARTS) is 1. The molecule has 0 spiro atoms. The normalized spacial score (nSPS) is 13.0. The smallest absolute Gasteiger partial charge is 0.309 e. The van der Waals surface area contributed by atoms with Crippen LogP contribution in [-0.2, 0) is 17.8 Å². The first-order chi connectivity index (χ1) is 16.8. The molecule has 0 aliphatic heterocycles. The SMILES string of the molecule is Cc1ccc(-c2ccc(CC[C@@H](O)[C@@H](CCn3nnc4cc(Cl)ccc4c3=O)C(=O)O)cc2)cc1. The van der Waals surface area contributed by atoms with Gasteiger partial charge in [0.05, 0.1) is 17.4 Å². The second-order valence-electron chi connectivity index (χ2n) is 8.68. The summed E-state index contributed by atoms with van der Waals surface area (Å²) in [5.74, 6) is -2.14. The van der Waals surface area contributed by atoms with Crippen LogP contribution in [0.5, 0.6) is 0 Å². The Morgan fingerprint density at radius 2 is 1.66 bits per heavy atom. The van der Waals surface area contributed by atoms with Crippen LogP contribution in [-0.4, -0.2) is 37.3 Å². The summed E-state index contributed by atoms with van der Waals surface area (Å²) in [5, 5.41) is 29.0. The minimum absolute atomic E-state index is 0.0314. The van der Waals surface area contributed by atoms with E-state index in [-0.39, 0.29) is 24.9 Å². The van der Waals surface area contributed by atoms with E-state index in [0.717, 1.165) is 21.4 Å². The lowest BCUT2D eigenvalue weighted by molar-refractivity contribution is -0.146. The molecule has 8 heteroatoms. The van der Waals surface area contributed by atoms with Crippen molar-refractivity contribution in [3.8, 4) is 11.1 Å². The number of nitrogens with zero attached hydrogens (tertiary/aromatic N) is 3. The van der Waals surface area contributed by atoms with Crippen LogP contribution in [0.4, 0.5) is 0 Å². The van der Waals surface area contributed by atoms with E-state index in [1.54, 1.807) is 18.2 Å². The Morgan fingerprint density at radius 1 is 1.00 bits per heavy atom. The fraction of sp³-hybridized carbons (Fsp3) is 0.259. The summed E-state index contributed by atoms with van der Waals surface area (Å²) in [7, 11) is 0. The number of benzene rings is 3. The predicted octanol–water partition coefficient (Wildman–Crippen LogP) is 4.50. The molecule has 0 radical (unpaired) electrons. The lowest BCUT2D eigenvalue weighted by Crippen LogP contribution is -2.32. The molecule has 180 valence electrons. The molecule has 0 saturated heterocycles. The third-order valence-corrected chi connectivity index (χ3v) is 6.42. The number of halogens is 1. The summed E-state index contributed by atoms with van der Waals surface area (Å²) in [6, 6.07) is 21.0. The van der Waals surface area contributed by atoms with Crippen LogP contribution in [0.15, 0.2) is 71.5 Å². The highest BCUT2D eigenvalue weighted by Gasteiger charge is 2.26. The van der Waals surface area contributed by atoms with Gasteiger partial charge in [0.1, 0.15) is 5.52 Å². The van der Waals surface area contributed by atoms with Gasteiger partial charge in [-0.1, -0.05) is 70.9 Å². The van der Waals surface area contributed by atoms with E-state index in [2.05, 4.69) is 34.6 Å². The highest BCUT2D eigenvalue weighted by Crippen LogP contribution is 2.22. The third-order valence-electron chi connectivity index (χ3n) is 6.19. The van der Waals surface area contributed by atoms with Crippen LogP contribution in [0.2, 0.25) is 5.02 Å². The maximum atomic E-state index is 12.7. The van der Waals surface area contributed by atoms with E-state index in [1.807, 2.05) is 31.2 Å². The van der Waals surface area contributed by atoms with E-state index in [0.29, 0.717) is 22.3 Å². The number of carboxylic acids is 1. The van der Waals surface area contributed by atoms with Crippen molar-refractivity contribution in [2.75, 3.05) is 0 Å². The number of aromatic nitrogens is 3. The maximum absolute atomic E-state index is 12.7. The molecule has 2 N–H and O–H groups in total. The zero-order valence-electron chi connectivity index (χ0n) is 19.3. The Labute approximate surface area is 207 Å². The molecule has 0 saturated carbocycles. The molecular formula is C27H26ClN3O4. The zero-order valence-corrected chi connectivity index (χ0v) is 20.0. The van der Waals surface area contributed by atoms with Crippen molar-refractivity contribution < 1.29 is 15.0 Å². The molecule has 4 rings (SSSR count). The summed E-state index contributed by atoms with van der Waals surface area (Å²) in [5.41, 5.74) is 4.44. The summed E-state index contributed by atoms with van der Waals surface area (Å²) in [6.07, 6.45) is -0.184. The van der Waals surface area contributed by atoms with Gasteiger partial charge in [-0.3, -0.25) is 9.59 Å². The van der Waals surface area contributed by atoms with E-state index in [9.17, 15) is 19.8 Å². The van der Waals surface area contributed by atoms with Gasteiger partial charge in [0, 0.05) is 11.6 Å². The molecule has 3 aromatic carbocycles. The van der Waals surface area contributed by atoms with Gasteiger partial charge >= 0.3 is 5.97 Å². The first kappa shape index (κ1) is 24.6. The van der Waals surface area contributed by atoms with Crippen LogP contribution in [0, 0.1) is 12.8 Å². The molecule has 7 nitrogen and oxygen atoms in total. The predicted molar refractivity (Wildman–Crippen MR) is 135 cm³/mol. The van der Waals surface area contributed by atoms with Crippen LogP contribution >= 0.6 is 11.6 Å². The van der Waals surface area contributed by atoms with Gasteiger partial charge < -0.3 is 10.2 Å². The maximum Gasteiger partial charge on any atom is 0.309 e. The average molecular weight is 492 g/mol. The minimum Gasteiger partial charge on any atom is -0.481 e. The van der Waals surface area contributed by atoms with Gasteiger partial charge in [0.2, 0.25) is 0 Å². The van der Waals surface area contributed by atoms with Gasteiger partial charge in [-0.2, -0.15) is 0 Å². The van der Waals surface area contributed by atoms with Crippen molar-refractivity contribution in [2.24, 2.45) is 5.92 Å². The lowest BCUT2D eigenvalue weighted by Gasteiger charge is -2.19. The molecule has 0 bridgehead atoms. The number of aliphatic hydroxyl groups is 1. The summed E-state index contributed by atoms with van der Waals surface area (Å²) >= 11 is 5.93. The van der Waals surface area contributed by atoms with Gasteiger partial charge in [0.15, 0.2) is 0 Å². The van der Waals surface area contributed by atoms with Crippen LogP contribution < -0.4 is 5.56 Å². The Kier molecular flexibility index (Phi) is 7.58. The molecule has 0 unspecified atom stereocenters. The van der Waals surface area contributed by atoms with Crippen molar-refractivity contribution >= 4 is 28.5 Å². The quantitative estimate of drug-likeness (QED) is 0.357. The fourth-order valence-electron chi connectivity index (χ4n) is 4.06. The van der Waals surface area contributed by atoms with Crippen LogP contribution in [0.25, 0.3) is 22.0 Å². The number of aryl methyl sites for hydroxylation is 3. The fourth-order valence-corrected chi connectivity index (χ4v) is 4.23. The Balaban J connectivity index is 1.38. The second kappa shape index (κ2) is 10.8.